The topological polar surface area (TPSA) is 115 Å². The number of primary amides is 1. The zero-order valence-corrected chi connectivity index (χ0v) is 11.9. The molecule has 0 aliphatic carbocycles. The molecule has 9 heteroatoms. The number of non-ortho nitro benzene ring substituents is 1. The summed E-state index contributed by atoms with van der Waals surface area (Å²) in [7, 11) is 0. The number of nitro groups is 1. The maximum absolute atomic E-state index is 12.1. The van der Waals surface area contributed by atoms with Crippen molar-refractivity contribution in [1.29, 1.82) is 0 Å². The van der Waals surface area contributed by atoms with Crippen LogP contribution in [0.25, 0.3) is 0 Å². The highest BCUT2D eigenvalue weighted by Gasteiger charge is 2.17. The zero-order valence-electron chi connectivity index (χ0n) is 10.3. The standard InChI is InChI=1S/C12H8ClN3O4S/c13-9-5-6(16(19)20)1-2-7(9)11(18)15-12-8(10(14)17)3-4-21-12/h1-5H,(H2,14,17)(H,15,18). The third-order valence-corrected chi connectivity index (χ3v) is 3.71. The molecule has 1 heterocycles. The predicted octanol–water partition coefficient (Wildman–Crippen LogP) is 2.66. The van der Waals surface area contributed by atoms with Crippen LogP contribution in [0.4, 0.5) is 10.7 Å². The van der Waals surface area contributed by atoms with Gasteiger partial charge >= 0.3 is 0 Å². The Labute approximate surface area is 127 Å². The SMILES string of the molecule is NC(=O)c1ccsc1NC(=O)c1ccc([N+](=O)[O-])cc1Cl. The molecule has 0 bridgehead atoms. The van der Waals surface area contributed by atoms with Gasteiger partial charge in [0.1, 0.15) is 5.00 Å². The van der Waals surface area contributed by atoms with Gasteiger partial charge in [-0.2, -0.15) is 0 Å². The van der Waals surface area contributed by atoms with Gasteiger partial charge in [-0.3, -0.25) is 19.7 Å². The van der Waals surface area contributed by atoms with E-state index in [9.17, 15) is 19.7 Å². The van der Waals surface area contributed by atoms with E-state index in [0.29, 0.717) is 5.00 Å². The highest BCUT2D eigenvalue weighted by Crippen LogP contribution is 2.26. The van der Waals surface area contributed by atoms with E-state index in [1.807, 2.05) is 0 Å². The van der Waals surface area contributed by atoms with Gasteiger partial charge in [-0.25, -0.2) is 0 Å². The van der Waals surface area contributed by atoms with E-state index >= 15 is 0 Å². The van der Waals surface area contributed by atoms with Crippen LogP contribution in [-0.4, -0.2) is 16.7 Å². The van der Waals surface area contributed by atoms with Gasteiger partial charge in [-0.15, -0.1) is 11.3 Å². The Hall–Kier alpha value is -2.45. The van der Waals surface area contributed by atoms with Crippen molar-refractivity contribution < 1.29 is 14.5 Å². The van der Waals surface area contributed by atoms with Crippen LogP contribution in [0.5, 0.6) is 0 Å². The van der Waals surface area contributed by atoms with Gasteiger partial charge in [0.25, 0.3) is 17.5 Å². The van der Waals surface area contributed by atoms with Gasteiger partial charge in [0.05, 0.1) is 21.1 Å². The Morgan fingerprint density at radius 3 is 2.57 bits per heavy atom. The van der Waals surface area contributed by atoms with Crippen molar-refractivity contribution in [3.8, 4) is 0 Å². The maximum atomic E-state index is 12.1. The van der Waals surface area contributed by atoms with Crippen LogP contribution in [-0.2, 0) is 0 Å². The smallest absolute Gasteiger partial charge is 0.270 e. The molecule has 2 aromatic rings. The van der Waals surface area contributed by atoms with Crippen LogP contribution >= 0.6 is 22.9 Å². The molecule has 21 heavy (non-hydrogen) atoms. The number of rotatable bonds is 4. The zero-order chi connectivity index (χ0) is 15.6. The molecular formula is C12H8ClN3O4S. The summed E-state index contributed by atoms with van der Waals surface area (Å²) in [5, 5.41) is 15.0. The Balaban J connectivity index is 2.27. The largest absolute Gasteiger partial charge is 0.366 e. The number of hydrogen-bond donors (Lipinski definition) is 2. The number of halogens is 1. The Morgan fingerprint density at radius 2 is 2.00 bits per heavy atom. The Bertz CT molecular complexity index is 744. The van der Waals surface area contributed by atoms with Gasteiger partial charge in [0, 0.05) is 12.1 Å². The molecular weight excluding hydrogens is 318 g/mol. The van der Waals surface area contributed by atoms with Gasteiger partial charge in [0.15, 0.2) is 0 Å². The molecule has 0 unspecified atom stereocenters. The van der Waals surface area contributed by atoms with Crippen molar-refractivity contribution in [2.75, 3.05) is 5.32 Å². The van der Waals surface area contributed by atoms with Crippen LogP contribution in [0.1, 0.15) is 20.7 Å². The van der Waals surface area contributed by atoms with E-state index < -0.39 is 16.7 Å². The summed E-state index contributed by atoms with van der Waals surface area (Å²) in [5.41, 5.74) is 5.20. The van der Waals surface area contributed by atoms with E-state index in [1.54, 1.807) is 5.38 Å². The first-order valence-electron chi connectivity index (χ1n) is 5.52. The summed E-state index contributed by atoms with van der Waals surface area (Å²) in [6, 6.07) is 4.98. The number of benzene rings is 1. The minimum atomic E-state index is -0.665. The molecule has 0 spiro atoms. The highest BCUT2D eigenvalue weighted by atomic mass is 35.5. The average molecular weight is 326 g/mol. The summed E-state index contributed by atoms with van der Waals surface area (Å²) in [6.45, 7) is 0. The monoisotopic (exact) mass is 325 g/mol. The van der Waals surface area contributed by atoms with Crippen LogP contribution in [0.15, 0.2) is 29.6 Å². The quantitative estimate of drug-likeness (QED) is 0.664. The number of carbonyl (C=O) groups excluding carboxylic acids is 2. The van der Waals surface area contributed by atoms with Crippen molar-refractivity contribution >= 4 is 45.4 Å². The molecule has 0 aliphatic heterocycles. The molecule has 2 rings (SSSR count). The summed E-state index contributed by atoms with van der Waals surface area (Å²) in [6.07, 6.45) is 0. The first-order chi connectivity index (χ1) is 9.90. The molecule has 0 aliphatic rings. The van der Waals surface area contributed by atoms with Crippen LogP contribution in [0.3, 0.4) is 0 Å². The summed E-state index contributed by atoms with van der Waals surface area (Å²) < 4.78 is 0. The molecule has 1 aromatic carbocycles. The molecule has 108 valence electrons. The fourth-order valence-electron chi connectivity index (χ4n) is 1.57. The van der Waals surface area contributed by atoms with Gasteiger partial charge in [-0.05, 0) is 17.5 Å². The van der Waals surface area contributed by atoms with Crippen LogP contribution in [0, 0.1) is 10.1 Å². The summed E-state index contributed by atoms with van der Waals surface area (Å²) in [5.74, 6) is -1.25. The van der Waals surface area contributed by atoms with Crippen LogP contribution < -0.4 is 11.1 Å². The lowest BCUT2D eigenvalue weighted by Gasteiger charge is -2.06. The number of amides is 2. The highest BCUT2D eigenvalue weighted by molar-refractivity contribution is 7.14. The summed E-state index contributed by atoms with van der Waals surface area (Å²) >= 11 is 6.99. The van der Waals surface area contributed by atoms with E-state index in [-0.39, 0.29) is 21.8 Å². The normalized spacial score (nSPS) is 10.1. The number of nitrogens with one attached hydrogen (secondary N) is 1. The maximum Gasteiger partial charge on any atom is 0.270 e. The fraction of sp³-hybridized carbons (Fsp3) is 0. The molecule has 0 saturated carbocycles. The van der Waals surface area contributed by atoms with Crippen molar-refractivity contribution in [1.82, 2.24) is 0 Å². The number of thiophene rings is 1. The van der Waals surface area contributed by atoms with Gasteiger partial charge in [-0.1, -0.05) is 11.6 Å². The number of nitro benzene ring substituents is 1. The molecule has 1 aromatic heterocycles. The molecule has 3 N–H and O–H groups in total. The lowest BCUT2D eigenvalue weighted by Crippen LogP contribution is -2.16. The second-order valence-corrected chi connectivity index (χ2v) is 5.23. The van der Waals surface area contributed by atoms with Crippen LogP contribution in [0.2, 0.25) is 5.02 Å². The van der Waals surface area contributed by atoms with E-state index in [4.69, 9.17) is 17.3 Å². The first kappa shape index (κ1) is 14.9. The van der Waals surface area contributed by atoms with Crippen molar-refractivity contribution in [2.24, 2.45) is 5.73 Å². The second-order valence-electron chi connectivity index (χ2n) is 3.90. The molecule has 7 nitrogen and oxygen atoms in total. The average Bonchev–Trinajstić information content (AvgIpc) is 2.86. The third kappa shape index (κ3) is 3.18. The van der Waals surface area contributed by atoms with Crippen molar-refractivity contribution in [3.63, 3.8) is 0 Å². The second kappa shape index (κ2) is 5.90. The number of anilines is 1. The lowest BCUT2D eigenvalue weighted by molar-refractivity contribution is -0.384. The molecule has 0 fully saturated rings. The molecule has 0 saturated heterocycles. The summed E-state index contributed by atoms with van der Waals surface area (Å²) in [4.78, 5) is 33.2. The van der Waals surface area contributed by atoms with E-state index in [1.165, 1.54) is 18.2 Å². The molecule has 0 radical (unpaired) electrons. The fourth-order valence-corrected chi connectivity index (χ4v) is 2.62. The minimum Gasteiger partial charge on any atom is -0.366 e. The van der Waals surface area contributed by atoms with Gasteiger partial charge < -0.3 is 11.1 Å². The number of nitrogens with two attached hydrogens (primary N) is 1. The van der Waals surface area contributed by atoms with E-state index in [0.717, 1.165) is 17.4 Å². The Kier molecular flexibility index (Phi) is 4.20. The molecule has 0 atom stereocenters. The third-order valence-electron chi connectivity index (χ3n) is 2.57. The van der Waals surface area contributed by atoms with Crippen molar-refractivity contribution in [2.45, 2.75) is 0 Å². The Morgan fingerprint density at radius 1 is 1.29 bits per heavy atom. The number of hydrogen-bond acceptors (Lipinski definition) is 5. The van der Waals surface area contributed by atoms with Gasteiger partial charge in [0.2, 0.25) is 0 Å². The van der Waals surface area contributed by atoms with E-state index in [2.05, 4.69) is 5.32 Å². The minimum absolute atomic E-state index is 0.0566. The number of carbonyl (C=O) groups is 2. The lowest BCUT2D eigenvalue weighted by atomic mass is 10.2. The molecule has 2 amide bonds. The predicted molar refractivity (Wildman–Crippen MR) is 78.9 cm³/mol. The first-order valence-corrected chi connectivity index (χ1v) is 6.78. The van der Waals surface area contributed by atoms with Crippen molar-refractivity contribution in [3.05, 3.63) is 55.9 Å². The number of nitrogens with zero attached hydrogens (tertiary/aromatic N) is 1.